The van der Waals surface area contributed by atoms with Gasteiger partial charge in [0.25, 0.3) is 5.91 Å². The normalized spacial score (nSPS) is 10.8. The summed E-state index contributed by atoms with van der Waals surface area (Å²) in [7, 11) is 0. The second kappa shape index (κ2) is 5.09. The van der Waals surface area contributed by atoms with Crippen LogP contribution in [0, 0.1) is 10.7 Å². The molecule has 0 aliphatic rings. The molecule has 0 heterocycles. The van der Waals surface area contributed by atoms with Crippen LogP contribution >= 0.6 is 11.8 Å². The van der Waals surface area contributed by atoms with Gasteiger partial charge in [0.2, 0.25) is 0 Å². The smallest absolute Gasteiger partial charge is 0.256 e. The summed E-state index contributed by atoms with van der Waals surface area (Å²) in [5.74, 6) is -1.29. The third kappa shape index (κ3) is 2.93. The number of nitriles is 1. The van der Waals surface area contributed by atoms with Crippen LogP contribution in [-0.4, -0.2) is 16.1 Å². The van der Waals surface area contributed by atoms with Crippen molar-refractivity contribution in [3.8, 4) is 16.9 Å². The van der Waals surface area contributed by atoms with E-state index >= 15 is 0 Å². The first kappa shape index (κ1) is 11.9. The number of carbonyl (C=O) groups is 1. The number of rotatable bonds is 3. The number of phenolic OH excluding ortho intramolecular Hbond substituents is 2. The number of thioether (sulfide) groups is 1. The van der Waals surface area contributed by atoms with Crippen molar-refractivity contribution < 1.29 is 15.0 Å². The Balaban J connectivity index is 3.09. The van der Waals surface area contributed by atoms with Crippen molar-refractivity contribution in [2.24, 2.45) is 5.73 Å². The standard InChI is InChI=1S/C10H8N2O3S/c11-5-16-9(10(12)15)4-6-1-2-7(13)8(14)3-6/h1-4,13-14H,(H2,12,15). The summed E-state index contributed by atoms with van der Waals surface area (Å²) in [5.41, 5.74) is 5.51. The van der Waals surface area contributed by atoms with Gasteiger partial charge in [0, 0.05) is 0 Å². The van der Waals surface area contributed by atoms with Crippen LogP contribution in [0.3, 0.4) is 0 Å². The van der Waals surface area contributed by atoms with Crippen LogP contribution in [0.4, 0.5) is 0 Å². The zero-order chi connectivity index (χ0) is 12.1. The van der Waals surface area contributed by atoms with Gasteiger partial charge in [0.05, 0.1) is 4.91 Å². The van der Waals surface area contributed by atoms with E-state index in [1.165, 1.54) is 24.3 Å². The lowest BCUT2D eigenvalue weighted by Crippen LogP contribution is -2.11. The van der Waals surface area contributed by atoms with Gasteiger partial charge in [-0.2, -0.15) is 5.26 Å². The van der Waals surface area contributed by atoms with E-state index in [-0.39, 0.29) is 16.4 Å². The lowest BCUT2D eigenvalue weighted by atomic mass is 10.2. The monoisotopic (exact) mass is 236 g/mol. The number of benzene rings is 1. The maximum absolute atomic E-state index is 10.9. The van der Waals surface area contributed by atoms with Crippen molar-refractivity contribution in [2.45, 2.75) is 0 Å². The molecule has 6 heteroatoms. The van der Waals surface area contributed by atoms with Crippen molar-refractivity contribution in [1.82, 2.24) is 0 Å². The first-order valence-corrected chi connectivity index (χ1v) is 4.95. The van der Waals surface area contributed by atoms with Crippen LogP contribution in [0.2, 0.25) is 0 Å². The van der Waals surface area contributed by atoms with E-state index in [1.54, 1.807) is 5.40 Å². The van der Waals surface area contributed by atoms with E-state index in [2.05, 4.69) is 0 Å². The molecule has 0 saturated heterocycles. The fourth-order valence-corrected chi connectivity index (χ4v) is 1.38. The summed E-state index contributed by atoms with van der Waals surface area (Å²) in [6.45, 7) is 0. The Hall–Kier alpha value is -2.13. The van der Waals surface area contributed by atoms with E-state index in [4.69, 9.17) is 16.1 Å². The predicted molar refractivity (Wildman–Crippen MR) is 60.1 cm³/mol. The van der Waals surface area contributed by atoms with Crippen molar-refractivity contribution >= 4 is 23.7 Å². The van der Waals surface area contributed by atoms with Crippen molar-refractivity contribution in [2.75, 3.05) is 0 Å². The number of nitrogens with zero attached hydrogens (tertiary/aromatic N) is 1. The van der Waals surface area contributed by atoms with Crippen LogP contribution in [0.1, 0.15) is 5.56 Å². The number of phenols is 2. The first-order valence-electron chi connectivity index (χ1n) is 4.14. The molecule has 0 aliphatic heterocycles. The summed E-state index contributed by atoms with van der Waals surface area (Å²) < 4.78 is 0. The Labute approximate surface area is 95.8 Å². The van der Waals surface area contributed by atoms with Gasteiger partial charge in [-0.05, 0) is 35.5 Å². The van der Waals surface area contributed by atoms with Gasteiger partial charge in [0.15, 0.2) is 11.5 Å². The van der Waals surface area contributed by atoms with Gasteiger partial charge in [-0.3, -0.25) is 4.79 Å². The van der Waals surface area contributed by atoms with Gasteiger partial charge >= 0.3 is 0 Å². The number of primary amides is 1. The highest BCUT2D eigenvalue weighted by atomic mass is 32.2. The Morgan fingerprint density at radius 3 is 2.62 bits per heavy atom. The molecule has 1 aromatic carbocycles. The summed E-state index contributed by atoms with van der Waals surface area (Å²) in [5, 5.41) is 28.5. The molecule has 4 N–H and O–H groups in total. The minimum absolute atomic E-state index is 0.0626. The minimum Gasteiger partial charge on any atom is -0.504 e. The van der Waals surface area contributed by atoms with Crippen LogP contribution < -0.4 is 5.73 Å². The number of hydrogen-bond acceptors (Lipinski definition) is 5. The highest BCUT2D eigenvalue weighted by Crippen LogP contribution is 2.27. The Kier molecular flexibility index (Phi) is 3.80. The van der Waals surface area contributed by atoms with Crippen molar-refractivity contribution in [3.63, 3.8) is 0 Å². The molecule has 82 valence electrons. The highest BCUT2D eigenvalue weighted by Gasteiger charge is 2.06. The number of aromatic hydroxyl groups is 2. The van der Waals surface area contributed by atoms with E-state index in [9.17, 15) is 9.90 Å². The minimum atomic E-state index is -0.723. The van der Waals surface area contributed by atoms with Gasteiger partial charge < -0.3 is 15.9 Å². The molecule has 0 saturated carbocycles. The fraction of sp³-hybridized carbons (Fsp3) is 0. The van der Waals surface area contributed by atoms with Crippen molar-refractivity contribution in [1.29, 1.82) is 5.26 Å². The topological polar surface area (TPSA) is 107 Å². The molecule has 0 bridgehead atoms. The Morgan fingerprint density at radius 2 is 2.12 bits per heavy atom. The Bertz CT molecular complexity index is 491. The summed E-state index contributed by atoms with van der Waals surface area (Å²) in [6, 6.07) is 4.02. The molecule has 0 aromatic heterocycles. The summed E-state index contributed by atoms with van der Waals surface area (Å²) in [4.78, 5) is 11.0. The average molecular weight is 236 g/mol. The number of hydrogen-bond donors (Lipinski definition) is 3. The molecule has 0 unspecified atom stereocenters. The number of nitrogens with two attached hydrogens (primary N) is 1. The lowest BCUT2D eigenvalue weighted by Gasteiger charge is -2.00. The molecule has 0 atom stereocenters. The average Bonchev–Trinajstić information content (AvgIpc) is 2.22. The van der Waals surface area contributed by atoms with Crippen LogP contribution in [-0.2, 0) is 4.79 Å². The largest absolute Gasteiger partial charge is 0.504 e. The number of amides is 1. The molecule has 16 heavy (non-hydrogen) atoms. The molecular formula is C10H8N2O3S. The second-order valence-corrected chi connectivity index (χ2v) is 3.64. The van der Waals surface area contributed by atoms with E-state index in [1.807, 2.05) is 0 Å². The first-order chi connectivity index (χ1) is 7.54. The SMILES string of the molecule is N#CSC(=Cc1ccc(O)c(O)c1)C(N)=O. The van der Waals surface area contributed by atoms with Gasteiger partial charge in [-0.15, -0.1) is 0 Å². The summed E-state index contributed by atoms with van der Waals surface area (Å²) >= 11 is 0.637. The summed E-state index contributed by atoms with van der Waals surface area (Å²) in [6.07, 6.45) is 1.36. The zero-order valence-corrected chi connectivity index (χ0v) is 8.86. The molecule has 0 radical (unpaired) electrons. The fourth-order valence-electron chi connectivity index (χ4n) is 0.982. The molecular weight excluding hydrogens is 228 g/mol. The maximum Gasteiger partial charge on any atom is 0.256 e. The third-order valence-corrected chi connectivity index (χ3v) is 2.33. The van der Waals surface area contributed by atoms with E-state index in [0.29, 0.717) is 17.3 Å². The molecule has 1 amide bonds. The predicted octanol–water partition coefficient (Wildman–Crippen LogP) is 1.14. The maximum atomic E-state index is 10.9. The van der Waals surface area contributed by atoms with Gasteiger partial charge in [-0.25, -0.2) is 0 Å². The zero-order valence-electron chi connectivity index (χ0n) is 8.04. The van der Waals surface area contributed by atoms with E-state index < -0.39 is 5.91 Å². The molecule has 0 fully saturated rings. The van der Waals surface area contributed by atoms with Gasteiger partial charge in [-0.1, -0.05) is 6.07 Å². The van der Waals surface area contributed by atoms with Crippen LogP contribution in [0.25, 0.3) is 6.08 Å². The van der Waals surface area contributed by atoms with E-state index in [0.717, 1.165) is 0 Å². The molecule has 0 spiro atoms. The molecule has 1 rings (SSSR count). The quantitative estimate of drug-likeness (QED) is 0.414. The molecule has 5 nitrogen and oxygen atoms in total. The third-order valence-electron chi connectivity index (χ3n) is 1.70. The lowest BCUT2D eigenvalue weighted by molar-refractivity contribution is -0.113. The Morgan fingerprint density at radius 1 is 1.44 bits per heavy atom. The number of thiocyanates is 1. The number of carbonyl (C=O) groups excluding carboxylic acids is 1. The van der Waals surface area contributed by atoms with Crippen molar-refractivity contribution in [3.05, 3.63) is 28.7 Å². The van der Waals surface area contributed by atoms with Crippen LogP contribution in [0.15, 0.2) is 23.1 Å². The second-order valence-electron chi connectivity index (χ2n) is 2.81. The molecule has 1 aromatic rings. The van der Waals surface area contributed by atoms with Crippen LogP contribution in [0.5, 0.6) is 11.5 Å². The highest BCUT2D eigenvalue weighted by molar-refractivity contribution is 8.08. The van der Waals surface area contributed by atoms with Gasteiger partial charge in [0.1, 0.15) is 5.40 Å². The molecule has 0 aliphatic carbocycles.